The van der Waals surface area contributed by atoms with Gasteiger partial charge in [0.2, 0.25) is 5.91 Å². The third-order valence-electron chi connectivity index (χ3n) is 3.11. The maximum absolute atomic E-state index is 14.4. The fraction of sp³-hybridized carbons (Fsp3) is 0.133. The minimum Gasteiger partial charge on any atom is -0.369 e. The second-order valence-electron chi connectivity index (χ2n) is 4.65. The topological polar surface area (TPSA) is 73.1 Å². The molecule has 8 heteroatoms. The Morgan fingerprint density at radius 3 is 2.61 bits per heavy atom. The zero-order valence-corrected chi connectivity index (χ0v) is 12.3. The van der Waals surface area contributed by atoms with Crippen LogP contribution in [0.2, 0.25) is 5.02 Å². The Morgan fingerprint density at radius 1 is 1.35 bits per heavy atom. The molecule has 2 aromatic rings. The predicted molar refractivity (Wildman–Crippen MR) is 77.9 cm³/mol. The van der Waals surface area contributed by atoms with E-state index in [9.17, 15) is 22.8 Å². The molecule has 0 atom stereocenters. The van der Waals surface area contributed by atoms with Crippen LogP contribution < -0.4 is 5.73 Å². The van der Waals surface area contributed by atoms with Gasteiger partial charge in [-0.05, 0) is 23.8 Å². The molecule has 4 nitrogen and oxygen atoms in total. The second kappa shape index (κ2) is 6.78. The first kappa shape index (κ1) is 17.0. The van der Waals surface area contributed by atoms with Gasteiger partial charge in [0.15, 0.2) is 6.29 Å². The number of pyridine rings is 1. The number of rotatable bonds is 5. The van der Waals surface area contributed by atoms with E-state index in [0.29, 0.717) is 6.29 Å². The Bertz CT molecular complexity index is 782. The van der Waals surface area contributed by atoms with E-state index in [-0.39, 0.29) is 28.8 Å². The first-order valence-electron chi connectivity index (χ1n) is 6.34. The number of carbonyl (C=O) groups is 2. The summed E-state index contributed by atoms with van der Waals surface area (Å²) < 4.78 is 40.3. The van der Waals surface area contributed by atoms with Crippen molar-refractivity contribution in [1.82, 2.24) is 4.98 Å². The Balaban J connectivity index is 2.67. The summed E-state index contributed by atoms with van der Waals surface area (Å²) in [6, 6.07) is 3.56. The fourth-order valence-corrected chi connectivity index (χ4v) is 2.32. The molecule has 1 aromatic carbocycles. The number of amides is 1. The monoisotopic (exact) mass is 342 g/mol. The van der Waals surface area contributed by atoms with Crippen LogP contribution in [0.1, 0.15) is 28.0 Å². The molecular formula is C15H10ClF3N2O2. The fourth-order valence-electron chi connectivity index (χ4n) is 2.09. The number of halogens is 4. The van der Waals surface area contributed by atoms with Crippen LogP contribution in [0.3, 0.4) is 0 Å². The molecule has 1 aromatic heterocycles. The van der Waals surface area contributed by atoms with Crippen LogP contribution in [0.4, 0.5) is 13.2 Å². The Labute approximate surface area is 134 Å². The van der Waals surface area contributed by atoms with Gasteiger partial charge < -0.3 is 5.73 Å². The summed E-state index contributed by atoms with van der Waals surface area (Å²) in [4.78, 5) is 25.9. The Morgan fingerprint density at radius 2 is 2.04 bits per heavy atom. The van der Waals surface area contributed by atoms with Gasteiger partial charge in [0.25, 0.3) is 6.43 Å². The highest BCUT2D eigenvalue weighted by molar-refractivity contribution is 6.31. The smallest absolute Gasteiger partial charge is 0.268 e. The van der Waals surface area contributed by atoms with Gasteiger partial charge in [-0.15, -0.1) is 0 Å². The number of nitrogens with two attached hydrogens (primary N) is 1. The number of benzene rings is 1. The van der Waals surface area contributed by atoms with Crippen molar-refractivity contribution in [2.45, 2.75) is 12.8 Å². The molecule has 0 fully saturated rings. The first-order chi connectivity index (χ1) is 10.8. The van der Waals surface area contributed by atoms with E-state index >= 15 is 0 Å². The van der Waals surface area contributed by atoms with E-state index in [1.807, 2.05) is 0 Å². The van der Waals surface area contributed by atoms with Gasteiger partial charge in [0.05, 0.1) is 22.7 Å². The highest BCUT2D eigenvalue weighted by Crippen LogP contribution is 2.36. The third-order valence-corrected chi connectivity index (χ3v) is 3.44. The van der Waals surface area contributed by atoms with Crippen molar-refractivity contribution >= 4 is 23.8 Å². The summed E-state index contributed by atoms with van der Waals surface area (Å²) >= 11 is 5.59. The number of aromatic nitrogens is 1. The van der Waals surface area contributed by atoms with Crippen LogP contribution in [0, 0.1) is 5.82 Å². The molecule has 2 N–H and O–H groups in total. The standard InChI is InChI=1S/C15H10ClF3N2O2/c16-11-2-1-9(14(17)13(11)15(18)19)10-3-8(4-12(20)23)21-5-7(10)6-22/h1-3,5-6,15H,4H2,(H2,20,23). The van der Waals surface area contributed by atoms with Gasteiger partial charge in [-0.2, -0.15) is 0 Å². The van der Waals surface area contributed by atoms with Gasteiger partial charge in [0.1, 0.15) is 5.82 Å². The minimum absolute atomic E-state index is 0.0142. The van der Waals surface area contributed by atoms with Crippen LogP contribution in [-0.4, -0.2) is 17.2 Å². The number of nitrogens with zero attached hydrogens (tertiary/aromatic N) is 1. The summed E-state index contributed by atoms with van der Waals surface area (Å²) in [5, 5.41) is -0.416. The summed E-state index contributed by atoms with van der Waals surface area (Å²) in [6.45, 7) is 0. The van der Waals surface area contributed by atoms with E-state index in [4.69, 9.17) is 17.3 Å². The maximum atomic E-state index is 14.4. The van der Waals surface area contributed by atoms with Crippen molar-refractivity contribution < 1.29 is 22.8 Å². The van der Waals surface area contributed by atoms with Crippen LogP contribution in [0.15, 0.2) is 24.4 Å². The molecule has 23 heavy (non-hydrogen) atoms. The molecule has 0 saturated carbocycles. The quantitative estimate of drug-likeness (QED) is 0.847. The zero-order valence-electron chi connectivity index (χ0n) is 11.5. The molecule has 0 aliphatic rings. The average Bonchev–Trinajstić information content (AvgIpc) is 2.46. The second-order valence-corrected chi connectivity index (χ2v) is 5.05. The lowest BCUT2D eigenvalue weighted by atomic mass is 9.98. The summed E-state index contributed by atoms with van der Waals surface area (Å²) in [7, 11) is 0. The van der Waals surface area contributed by atoms with Gasteiger partial charge in [0, 0.05) is 17.3 Å². The highest BCUT2D eigenvalue weighted by atomic mass is 35.5. The van der Waals surface area contributed by atoms with E-state index in [1.165, 1.54) is 12.1 Å². The normalized spacial score (nSPS) is 10.8. The molecular weight excluding hydrogens is 333 g/mol. The highest BCUT2D eigenvalue weighted by Gasteiger charge is 2.22. The van der Waals surface area contributed by atoms with Gasteiger partial charge >= 0.3 is 0 Å². The van der Waals surface area contributed by atoms with Crippen LogP contribution in [-0.2, 0) is 11.2 Å². The lowest BCUT2D eigenvalue weighted by molar-refractivity contribution is -0.117. The lowest BCUT2D eigenvalue weighted by Gasteiger charge is -2.12. The zero-order chi connectivity index (χ0) is 17.1. The van der Waals surface area contributed by atoms with Crippen LogP contribution >= 0.6 is 11.6 Å². The third kappa shape index (κ3) is 3.50. The van der Waals surface area contributed by atoms with E-state index < -0.39 is 28.7 Å². The van der Waals surface area contributed by atoms with E-state index in [1.54, 1.807) is 0 Å². The number of hydrogen-bond acceptors (Lipinski definition) is 3. The molecule has 120 valence electrons. The number of alkyl halides is 2. The maximum Gasteiger partial charge on any atom is 0.268 e. The summed E-state index contributed by atoms with van der Waals surface area (Å²) in [6.07, 6.45) is -1.82. The molecule has 0 radical (unpaired) electrons. The number of aldehydes is 1. The lowest BCUT2D eigenvalue weighted by Crippen LogP contribution is -2.14. The number of primary amides is 1. The van der Waals surface area contributed by atoms with Crippen LogP contribution in [0.25, 0.3) is 11.1 Å². The molecule has 2 rings (SSSR count). The largest absolute Gasteiger partial charge is 0.369 e. The van der Waals surface area contributed by atoms with Crippen molar-refractivity contribution in [3.05, 3.63) is 52.1 Å². The molecule has 0 saturated heterocycles. The predicted octanol–water partition coefficient (Wildman–Crippen LogP) is 3.32. The summed E-state index contributed by atoms with van der Waals surface area (Å²) in [5.41, 5.74) is 4.07. The van der Waals surface area contributed by atoms with Crippen molar-refractivity contribution in [3.63, 3.8) is 0 Å². The SMILES string of the molecule is NC(=O)Cc1cc(-c2ccc(Cl)c(C(F)F)c2F)c(C=O)cn1. The molecule has 0 aliphatic heterocycles. The Kier molecular flexibility index (Phi) is 5.00. The molecule has 1 amide bonds. The molecule has 0 unspecified atom stereocenters. The molecule has 0 bridgehead atoms. The van der Waals surface area contributed by atoms with Crippen LogP contribution in [0.5, 0.6) is 0 Å². The van der Waals surface area contributed by atoms with E-state index in [0.717, 1.165) is 12.3 Å². The first-order valence-corrected chi connectivity index (χ1v) is 6.71. The summed E-state index contributed by atoms with van der Waals surface area (Å²) in [5.74, 6) is -1.90. The molecule has 0 aliphatic carbocycles. The van der Waals surface area contributed by atoms with Crippen molar-refractivity contribution in [2.24, 2.45) is 5.73 Å². The molecule has 1 heterocycles. The van der Waals surface area contributed by atoms with Crippen molar-refractivity contribution in [3.8, 4) is 11.1 Å². The van der Waals surface area contributed by atoms with Crippen molar-refractivity contribution in [2.75, 3.05) is 0 Å². The van der Waals surface area contributed by atoms with Gasteiger partial charge in [-0.1, -0.05) is 11.6 Å². The van der Waals surface area contributed by atoms with Gasteiger partial charge in [-0.25, -0.2) is 13.2 Å². The van der Waals surface area contributed by atoms with Gasteiger partial charge in [-0.3, -0.25) is 14.6 Å². The number of carbonyl (C=O) groups excluding carboxylic acids is 2. The average molecular weight is 343 g/mol. The molecule has 0 spiro atoms. The van der Waals surface area contributed by atoms with Crippen molar-refractivity contribution in [1.29, 1.82) is 0 Å². The van der Waals surface area contributed by atoms with E-state index in [2.05, 4.69) is 4.98 Å². The minimum atomic E-state index is -3.12. The Hall–Kier alpha value is -2.41. The number of hydrogen-bond donors (Lipinski definition) is 1.